The largest absolute Gasteiger partial charge is 0.444 e. The number of amides is 4. The van der Waals surface area contributed by atoms with E-state index in [0.717, 1.165) is 11.3 Å². The van der Waals surface area contributed by atoms with Gasteiger partial charge in [-0.15, -0.1) is 11.3 Å². The number of nitrogens with one attached hydrogen (secondary N) is 3. The highest BCUT2D eigenvalue weighted by molar-refractivity contribution is 7.18. The first-order valence-corrected chi connectivity index (χ1v) is 12.5. The molecule has 0 aliphatic carbocycles. The molecule has 3 rings (SSSR count). The van der Waals surface area contributed by atoms with E-state index in [2.05, 4.69) is 16.0 Å². The van der Waals surface area contributed by atoms with Crippen LogP contribution in [0.5, 0.6) is 0 Å². The number of carbonyl (C=O) groups excluding carboxylic acids is 4. The standard InChI is InChI=1S/C24H29ClN4O6S/c1-24(2,3)35-23(33)26-11-10-17(28-22(32)18-8-9-19(25)36-18)21(31)27-15-4-6-16(7-5-15)29-12-13-34-14-20(29)30/h4-9,17H,10-14H2,1-3H3,(H,26,33)(H,27,31)(H,28,32). The van der Waals surface area contributed by atoms with E-state index in [1.165, 1.54) is 0 Å². The van der Waals surface area contributed by atoms with Gasteiger partial charge in [0, 0.05) is 24.5 Å². The number of halogens is 1. The smallest absolute Gasteiger partial charge is 0.407 e. The van der Waals surface area contributed by atoms with Crippen LogP contribution in [0.25, 0.3) is 0 Å². The SMILES string of the molecule is CC(C)(C)OC(=O)NCCC(NC(=O)c1ccc(Cl)s1)C(=O)Nc1ccc(N2CCOCC2=O)cc1. The molecule has 1 aliphatic rings. The first-order valence-electron chi connectivity index (χ1n) is 11.3. The highest BCUT2D eigenvalue weighted by Crippen LogP contribution is 2.22. The fourth-order valence-corrected chi connectivity index (χ4v) is 4.26. The maximum Gasteiger partial charge on any atom is 0.407 e. The Morgan fingerprint density at radius 1 is 1.17 bits per heavy atom. The minimum absolute atomic E-state index is 0.0344. The first kappa shape index (κ1) is 27.4. The lowest BCUT2D eigenvalue weighted by atomic mass is 10.1. The summed E-state index contributed by atoms with van der Waals surface area (Å²) in [6.07, 6.45) is -0.498. The van der Waals surface area contributed by atoms with Gasteiger partial charge in [0.15, 0.2) is 0 Å². The van der Waals surface area contributed by atoms with Gasteiger partial charge in [-0.3, -0.25) is 14.4 Å². The Balaban J connectivity index is 1.64. The normalized spacial score (nSPS) is 14.7. The average molecular weight is 537 g/mol. The predicted octanol–water partition coefficient (Wildman–Crippen LogP) is 3.42. The highest BCUT2D eigenvalue weighted by atomic mass is 35.5. The Morgan fingerprint density at radius 2 is 1.89 bits per heavy atom. The molecule has 1 aromatic carbocycles. The summed E-state index contributed by atoms with van der Waals surface area (Å²) in [5.74, 6) is -1.05. The van der Waals surface area contributed by atoms with Crippen molar-refractivity contribution < 1.29 is 28.7 Å². The molecule has 12 heteroatoms. The van der Waals surface area contributed by atoms with Crippen molar-refractivity contribution in [2.45, 2.75) is 38.8 Å². The van der Waals surface area contributed by atoms with Gasteiger partial charge >= 0.3 is 6.09 Å². The van der Waals surface area contributed by atoms with Crippen LogP contribution in [-0.2, 0) is 19.1 Å². The molecule has 36 heavy (non-hydrogen) atoms. The molecular weight excluding hydrogens is 508 g/mol. The highest BCUT2D eigenvalue weighted by Gasteiger charge is 2.24. The van der Waals surface area contributed by atoms with Gasteiger partial charge in [0.05, 0.1) is 15.8 Å². The summed E-state index contributed by atoms with van der Waals surface area (Å²) in [6.45, 7) is 6.28. The zero-order valence-electron chi connectivity index (χ0n) is 20.3. The number of carbonyl (C=O) groups is 4. The number of morpholine rings is 1. The molecule has 0 spiro atoms. The van der Waals surface area contributed by atoms with Crippen molar-refractivity contribution in [3.63, 3.8) is 0 Å². The fraction of sp³-hybridized carbons (Fsp3) is 0.417. The van der Waals surface area contributed by atoms with Gasteiger partial charge in [0.25, 0.3) is 11.8 Å². The summed E-state index contributed by atoms with van der Waals surface area (Å²) in [5.41, 5.74) is 0.524. The van der Waals surface area contributed by atoms with Crippen LogP contribution in [0.15, 0.2) is 36.4 Å². The molecule has 1 unspecified atom stereocenters. The molecule has 1 aliphatic heterocycles. The van der Waals surface area contributed by atoms with Crippen molar-refractivity contribution in [3.05, 3.63) is 45.6 Å². The number of benzene rings is 1. The predicted molar refractivity (Wildman–Crippen MR) is 138 cm³/mol. The fourth-order valence-electron chi connectivity index (χ4n) is 3.31. The summed E-state index contributed by atoms with van der Waals surface area (Å²) in [5, 5.41) is 8.07. The van der Waals surface area contributed by atoms with E-state index in [9.17, 15) is 19.2 Å². The van der Waals surface area contributed by atoms with Gasteiger partial charge < -0.3 is 30.3 Å². The number of rotatable bonds is 8. The summed E-state index contributed by atoms with van der Waals surface area (Å²) in [7, 11) is 0. The molecule has 1 saturated heterocycles. The van der Waals surface area contributed by atoms with E-state index in [1.807, 2.05) is 0 Å². The van der Waals surface area contributed by atoms with E-state index in [1.54, 1.807) is 62.1 Å². The van der Waals surface area contributed by atoms with Gasteiger partial charge in [-0.2, -0.15) is 0 Å². The van der Waals surface area contributed by atoms with Gasteiger partial charge in [-0.25, -0.2) is 4.79 Å². The zero-order chi connectivity index (χ0) is 26.3. The van der Waals surface area contributed by atoms with E-state index < -0.39 is 29.6 Å². The topological polar surface area (TPSA) is 126 Å². The maximum atomic E-state index is 13.1. The molecule has 10 nitrogen and oxygen atoms in total. The Hall–Kier alpha value is -3.15. The number of hydrogen-bond acceptors (Lipinski definition) is 7. The van der Waals surface area contributed by atoms with Crippen LogP contribution in [-0.4, -0.2) is 61.8 Å². The maximum absolute atomic E-state index is 13.1. The Bertz CT molecular complexity index is 1100. The molecule has 1 atom stereocenters. The minimum Gasteiger partial charge on any atom is -0.444 e. The van der Waals surface area contributed by atoms with Gasteiger partial charge in [-0.05, 0) is 63.6 Å². The first-order chi connectivity index (χ1) is 17.0. The van der Waals surface area contributed by atoms with Crippen molar-refractivity contribution >= 4 is 58.1 Å². The number of thiophene rings is 1. The molecule has 0 radical (unpaired) electrons. The van der Waals surface area contributed by atoms with Crippen LogP contribution in [0, 0.1) is 0 Å². The molecule has 4 amide bonds. The molecule has 0 saturated carbocycles. The monoisotopic (exact) mass is 536 g/mol. The van der Waals surface area contributed by atoms with Gasteiger partial charge in [0.1, 0.15) is 18.2 Å². The van der Waals surface area contributed by atoms with Crippen LogP contribution in [0.3, 0.4) is 0 Å². The third-order valence-corrected chi connectivity index (χ3v) is 6.18. The summed E-state index contributed by atoms with van der Waals surface area (Å²) < 4.78 is 10.8. The molecule has 194 valence electrons. The van der Waals surface area contributed by atoms with Crippen molar-refractivity contribution in [1.82, 2.24) is 10.6 Å². The number of anilines is 2. The van der Waals surface area contributed by atoms with Crippen molar-refractivity contribution in [1.29, 1.82) is 0 Å². The van der Waals surface area contributed by atoms with Crippen LogP contribution in [0.4, 0.5) is 16.2 Å². The molecule has 2 aromatic rings. The Kier molecular flexibility index (Phi) is 9.30. The molecule has 0 bridgehead atoms. The third-order valence-electron chi connectivity index (χ3n) is 4.95. The average Bonchev–Trinajstić information content (AvgIpc) is 3.24. The van der Waals surface area contributed by atoms with E-state index in [4.69, 9.17) is 21.1 Å². The minimum atomic E-state index is -0.950. The van der Waals surface area contributed by atoms with Crippen molar-refractivity contribution in [2.24, 2.45) is 0 Å². The van der Waals surface area contributed by atoms with Crippen LogP contribution < -0.4 is 20.9 Å². The van der Waals surface area contributed by atoms with E-state index in [-0.39, 0.29) is 25.5 Å². The second-order valence-corrected chi connectivity index (χ2v) is 10.7. The Morgan fingerprint density at radius 3 is 2.50 bits per heavy atom. The van der Waals surface area contributed by atoms with Crippen molar-refractivity contribution in [2.75, 3.05) is 36.5 Å². The summed E-state index contributed by atoms with van der Waals surface area (Å²) >= 11 is 7.02. The summed E-state index contributed by atoms with van der Waals surface area (Å²) in [6, 6.07) is 9.02. The Labute approximate surface area is 218 Å². The molecule has 1 fully saturated rings. The number of hydrogen-bond donors (Lipinski definition) is 3. The summed E-state index contributed by atoms with van der Waals surface area (Å²) in [4.78, 5) is 51.7. The second-order valence-electron chi connectivity index (χ2n) is 8.98. The third kappa shape index (κ3) is 8.21. The van der Waals surface area contributed by atoms with E-state index in [0.29, 0.717) is 33.7 Å². The molecule has 2 heterocycles. The lowest BCUT2D eigenvalue weighted by Gasteiger charge is -2.27. The van der Waals surface area contributed by atoms with Crippen LogP contribution in [0.1, 0.15) is 36.9 Å². The number of alkyl carbamates (subject to hydrolysis) is 1. The van der Waals surface area contributed by atoms with Crippen LogP contribution in [0.2, 0.25) is 4.34 Å². The number of nitrogens with zero attached hydrogens (tertiary/aromatic N) is 1. The van der Waals surface area contributed by atoms with Gasteiger partial charge in [0.2, 0.25) is 5.91 Å². The number of ether oxygens (including phenoxy) is 2. The van der Waals surface area contributed by atoms with Gasteiger partial charge in [-0.1, -0.05) is 11.6 Å². The lowest BCUT2D eigenvalue weighted by molar-refractivity contribution is -0.125. The zero-order valence-corrected chi connectivity index (χ0v) is 21.8. The van der Waals surface area contributed by atoms with Crippen LogP contribution >= 0.6 is 22.9 Å². The van der Waals surface area contributed by atoms with Crippen molar-refractivity contribution in [3.8, 4) is 0 Å². The second kappa shape index (κ2) is 12.2. The quantitative estimate of drug-likeness (QED) is 0.474. The van der Waals surface area contributed by atoms with E-state index >= 15 is 0 Å². The molecule has 3 N–H and O–H groups in total. The lowest BCUT2D eigenvalue weighted by Crippen LogP contribution is -2.46. The molecular formula is C24H29ClN4O6S. The molecule has 1 aromatic heterocycles.